The van der Waals surface area contributed by atoms with Gasteiger partial charge in [0.1, 0.15) is 11.5 Å². The highest BCUT2D eigenvalue weighted by atomic mass is 35.5. The normalized spacial score (nSPS) is 10.7. The molecule has 0 radical (unpaired) electrons. The smallest absolute Gasteiger partial charge is 0.234 e. The van der Waals surface area contributed by atoms with Gasteiger partial charge in [0.15, 0.2) is 11.0 Å². The van der Waals surface area contributed by atoms with E-state index in [4.69, 9.17) is 32.7 Å². The third-order valence-electron chi connectivity index (χ3n) is 4.02. The number of ether oxygens (including phenoxy) is 2. The lowest BCUT2D eigenvalue weighted by molar-refractivity contribution is -0.113. The number of benzene rings is 2. The third kappa shape index (κ3) is 4.95. The first kappa shape index (κ1) is 21.3. The molecular formula is C19H18Cl2N4O3S. The lowest BCUT2D eigenvalue weighted by Gasteiger charge is -2.11. The average molecular weight is 453 g/mol. The van der Waals surface area contributed by atoms with Crippen molar-refractivity contribution >= 4 is 46.6 Å². The Bertz CT molecular complexity index is 1040. The number of anilines is 1. The van der Waals surface area contributed by atoms with Crippen LogP contribution in [0, 0.1) is 0 Å². The van der Waals surface area contributed by atoms with E-state index in [-0.39, 0.29) is 11.7 Å². The largest absolute Gasteiger partial charge is 0.497 e. The summed E-state index contributed by atoms with van der Waals surface area (Å²) in [4.78, 5) is 12.4. The number of hydrogen-bond acceptors (Lipinski definition) is 6. The zero-order valence-corrected chi connectivity index (χ0v) is 18.2. The zero-order chi connectivity index (χ0) is 21.0. The molecular weight excluding hydrogens is 435 g/mol. The van der Waals surface area contributed by atoms with Crippen molar-refractivity contribution in [1.82, 2.24) is 14.8 Å². The number of halogens is 2. The van der Waals surface area contributed by atoms with Gasteiger partial charge in [-0.15, -0.1) is 10.2 Å². The van der Waals surface area contributed by atoms with E-state index in [9.17, 15) is 4.79 Å². The van der Waals surface area contributed by atoms with Gasteiger partial charge in [0.2, 0.25) is 5.91 Å². The van der Waals surface area contributed by atoms with Crippen molar-refractivity contribution in [3.05, 3.63) is 46.4 Å². The number of methoxy groups -OCH3 is 2. The molecule has 3 aromatic rings. The van der Waals surface area contributed by atoms with Gasteiger partial charge in [-0.2, -0.15) is 0 Å². The number of nitrogens with zero attached hydrogens (tertiary/aromatic N) is 3. The molecule has 0 fully saturated rings. The topological polar surface area (TPSA) is 78.3 Å². The maximum absolute atomic E-state index is 12.4. The van der Waals surface area contributed by atoms with Crippen molar-refractivity contribution in [2.24, 2.45) is 7.05 Å². The Kier molecular flexibility index (Phi) is 6.89. The number of aromatic nitrogens is 3. The van der Waals surface area contributed by atoms with Crippen LogP contribution in [0.3, 0.4) is 0 Å². The van der Waals surface area contributed by atoms with E-state index >= 15 is 0 Å². The maximum atomic E-state index is 12.4. The first-order valence-corrected chi connectivity index (χ1v) is 10.2. The number of thioether (sulfide) groups is 1. The Morgan fingerprint density at radius 2 is 1.93 bits per heavy atom. The van der Waals surface area contributed by atoms with Crippen molar-refractivity contribution in [3.8, 4) is 22.9 Å². The number of carbonyl (C=O) groups is 1. The van der Waals surface area contributed by atoms with Crippen LogP contribution in [0.15, 0.2) is 41.6 Å². The molecule has 0 saturated carbocycles. The van der Waals surface area contributed by atoms with Gasteiger partial charge in [-0.3, -0.25) is 4.79 Å². The Morgan fingerprint density at radius 3 is 2.62 bits per heavy atom. The van der Waals surface area contributed by atoms with Crippen molar-refractivity contribution < 1.29 is 14.3 Å². The summed E-state index contributed by atoms with van der Waals surface area (Å²) in [5, 5.41) is 12.8. The minimum atomic E-state index is -0.212. The molecule has 1 N–H and O–H groups in total. The van der Waals surface area contributed by atoms with E-state index in [1.165, 1.54) is 18.9 Å². The summed E-state index contributed by atoms with van der Waals surface area (Å²) in [5.41, 5.74) is 1.24. The Balaban J connectivity index is 1.69. The van der Waals surface area contributed by atoms with Crippen LogP contribution in [-0.2, 0) is 11.8 Å². The molecule has 0 atom stereocenters. The van der Waals surface area contributed by atoms with Crippen LogP contribution in [-0.4, -0.2) is 40.6 Å². The minimum Gasteiger partial charge on any atom is -0.497 e. The first-order valence-electron chi connectivity index (χ1n) is 8.42. The molecule has 152 valence electrons. The quantitative estimate of drug-likeness (QED) is 0.530. The Morgan fingerprint density at radius 1 is 1.14 bits per heavy atom. The zero-order valence-electron chi connectivity index (χ0n) is 15.9. The second-order valence-corrected chi connectivity index (χ2v) is 7.68. The summed E-state index contributed by atoms with van der Waals surface area (Å²) in [6, 6.07) is 10.3. The molecule has 0 saturated heterocycles. The van der Waals surface area contributed by atoms with Crippen molar-refractivity contribution in [1.29, 1.82) is 0 Å². The highest BCUT2D eigenvalue weighted by molar-refractivity contribution is 7.99. The molecule has 0 aliphatic rings. The molecule has 1 aromatic heterocycles. The van der Waals surface area contributed by atoms with Gasteiger partial charge < -0.3 is 19.4 Å². The summed E-state index contributed by atoms with van der Waals surface area (Å²) >= 11 is 13.5. The second-order valence-electron chi connectivity index (χ2n) is 5.89. The number of carbonyl (C=O) groups excluding carboxylic acids is 1. The lowest BCUT2D eigenvalue weighted by Crippen LogP contribution is -2.15. The summed E-state index contributed by atoms with van der Waals surface area (Å²) in [6.07, 6.45) is 0. The molecule has 0 bridgehead atoms. The molecule has 10 heteroatoms. The van der Waals surface area contributed by atoms with Crippen LogP contribution in [0.5, 0.6) is 11.5 Å². The van der Waals surface area contributed by atoms with Gasteiger partial charge in [0, 0.05) is 23.7 Å². The summed E-state index contributed by atoms with van der Waals surface area (Å²) in [5.74, 6) is 1.68. The monoisotopic (exact) mass is 452 g/mol. The number of hydrogen-bond donors (Lipinski definition) is 1. The Labute approximate surface area is 182 Å². The fourth-order valence-corrected chi connectivity index (χ4v) is 3.78. The van der Waals surface area contributed by atoms with Gasteiger partial charge in [0.05, 0.1) is 30.7 Å². The van der Waals surface area contributed by atoms with Gasteiger partial charge in [0.25, 0.3) is 0 Å². The molecule has 2 aromatic carbocycles. The molecule has 3 rings (SSSR count). The SMILES string of the molecule is COc1ccc(OC)c(NC(=O)CSc2nnc(-c3ccc(Cl)cc3Cl)n2C)c1. The maximum Gasteiger partial charge on any atom is 0.234 e. The van der Waals surface area contributed by atoms with Crippen LogP contribution in [0.25, 0.3) is 11.4 Å². The van der Waals surface area contributed by atoms with Crippen molar-refractivity contribution in [2.75, 3.05) is 25.3 Å². The molecule has 1 heterocycles. The molecule has 1 amide bonds. The van der Waals surface area contributed by atoms with E-state index in [1.807, 2.05) is 7.05 Å². The van der Waals surface area contributed by atoms with Crippen LogP contribution in [0.2, 0.25) is 10.0 Å². The van der Waals surface area contributed by atoms with Crippen molar-refractivity contribution in [3.63, 3.8) is 0 Å². The van der Waals surface area contributed by atoms with Crippen LogP contribution < -0.4 is 14.8 Å². The van der Waals surface area contributed by atoms with E-state index in [0.717, 1.165) is 0 Å². The molecule has 0 aliphatic heterocycles. The highest BCUT2D eigenvalue weighted by Crippen LogP contribution is 2.31. The summed E-state index contributed by atoms with van der Waals surface area (Å²) < 4.78 is 12.2. The fraction of sp³-hybridized carbons (Fsp3) is 0.211. The predicted molar refractivity (Wildman–Crippen MR) is 115 cm³/mol. The van der Waals surface area contributed by atoms with Gasteiger partial charge in [-0.25, -0.2) is 0 Å². The minimum absolute atomic E-state index is 0.140. The summed E-state index contributed by atoms with van der Waals surface area (Å²) in [7, 11) is 4.91. The van der Waals surface area contributed by atoms with Gasteiger partial charge >= 0.3 is 0 Å². The third-order valence-corrected chi connectivity index (χ3v) is 5.59. The van der Waals surface area contributed by atoms with Gasteiger partial charge in [-0.1, -0.05) is 35.0 Å². The number of nitrogens with one attached hydrogen (secondary N) is 1. The molecule has 0 spiro atoms. The summed E-state index contributed by atoms with van der Waals surface area (Å²) in [6.45, 7) is 0. The highest BCUT2D eigenvalue weighted by Gasteiger charge is 2.16. The van der Waals surface area contributed by atoms with E-state index < -0.39 is 0 Å². The van der Waals surface area contributed by atoms with Crippen LogP contribution in [0.4, 0.5) is 5.69 Å². The molecule has 0 aliphatic carbocycles. The van der Waals surface area contributed by atoms with Crippen LogP contribution >= 0.6 is 35.0 Å². The fourth-order valence-electron chi connectivity index (χ4n) is 2.57. The molecule has 29 heavy (non-hydrogen) atoms. The van der Waals surface area contributed by atoms with Crippen LogP contribution in [0.1, 0.15) is 0 Å². The van der Waals surface area contributed by atoms with E-state index in [2.05, 4.69) is 15.5 Å². The van der Waals surface area contributed by atoms with E-state index in [0.29, 0.717) is 43.8 Å². The first-order chi connectivity index (χ1) is 13.9. The second kappa shape index (κ2) is 9.39. The van der Waals surface area contributed by atoms with E-state index in [1.54, 1.807) is 48.1 Å². The lowest BCUT2D eigenvalue weighted by atomic mass is 10.2. The Hall–Kier alpha value is -2.42. The number of amides is 1. The standard InChI is InChI=1S/C19H18Cl2N4O3S/c1-25-18(13-6-4-11(20)8-14(13)21)23-24-19(25)29-10-17(26)22-15-9-12(27-2)5-7-16(15)28-3/h4-9H,10H2,1-3H3,(H,22,26). The predicted octanol–water partition coefficient (Wildman–Crippen LogP) is 4.54. The molecule has 7 nitrogen and oxygen atoms in total. The number of rotatable bonds is 7. The van der Waals surface area contributed by atoms with Crippen molar-refractivity contribution in [2.45, 2.75) is 5.16 Å². The average Bonchev–Trinajstić information content (AvgIpc) is 3.06. The van der Waals surface area contributed by atoms with Gasteiger partial charge in [-0.05, 0) is 30.3 Å². The molecule has 0 unspecified atom stereocenters.